The first-order valence-corrected chi connectivity index (χ1v) is 3.66. The van der Waals surface area contributed by atoms with Gasteiger partial charge in [-0.25, -0.2) is 4.79 Å². The van der Waals surface area contributed by atoms with Crippen LogP contribution in [0.4, 0.5) is 0 Å². The van der Waals surface area contributed by atoms with E-state index in [0.717, 1.165) is 0 Å². The van der Waals surface area contributed by atoms with Crippen LogP contribution >= 0.6 is 0 Å². The second-order valence-electron chi connectivity index (χ2n) is 2.44. The molecule has 1 aromatic rings. The summed E-state index contributed by atoms with van der Waals surface area (Å²) < 4.78 is 1.24. The molecule has 0 N–H and O–H groups in total. The fraction of sp³-hybridized carbons (Fsp3) is 0.375. The van der Waals surface area contributed by atoms with E-state index in [1.807, 2.05) is 13.0 Å². The minimum Gasteiger partial charge on any atom is -0.286 e. The summed E-state index contributed by atoms with van der Waals surface area (Å²) in [5, 5.41) is 8.63. The summed E-state index contributed by atoms with van der Waals surface area (Å²) in [6.45, 7) is 1.89. The third-order valence-corrected chi connectivity index (χ3v) is 1.67. The maximum atomic E-state index is 11.1. The lowest BCUT2D eigenvalue weighted by atomic mass is 10.3. The van der Waals surface area contributed by atoms with Crippen molar-refractivity contribution in [1.29, 1.82) is 5.26 Å². The Morgan fingerprint density at radius 1 is 1.75 bits per heavy atom. The maximum absolute atomic E-state index is 11.1. The summed E-state index contributed by atoms with van der Waals surface area (Å²) in [6, 6.07) is 3.56. The van der Waals surface area contributed by atoms with Crippen molar-refractivity contribution in [2.24, 2.45) is 7.05 Å². The number of nitrogens with zero attached hydrogens (tertiary/aromatic N) is 3. The summed E-state index contributed by atoms with van der Waals surface area (Å²) in [4.78, 5) is 14.8. The molecule has 0 saturated heterocycles. The summed E-state index contributed by atoms with van der Waals surface area (Å²) in [6.07, 6.45) is 0.671. The van der Waals surface area contributed by atoms with E-state index >= 15 is 0 Å². The standard InChI is InChI=1S/C8H9N3O/c1-3-6-4-7(5-9)11(2)8(12)10-6/h4H,3H2,1-2H3. The number of aromatic nitrogens is 2. The van der Waals surface area contributed by atoms with Gasteiger partial charge in [-0.05, 0) is 12.5 Å². The van der Waals surface area contributed by atoms with Gasteiger partial charge in [-0.1, -0.05) is 6.92 Å². The lowest BCUT2D eigenvalue weighted by Gasteiger charge is -2.00. The Labute approximate surface area is 70.1 Å². The van der Waals surface area contributed by atoms with E-state index in [4.69, 9.17) is 5.26 Å². The molecule has 0 saturated carbocycles. The molecule has 62 valence electrons. The molecule has 4 heteroatoms. The number of hydrogen-bond acceptors (Lipinski definition) is 3. The maximum Gasteiger partial charge on any atom is 0.348 e. The minimum atomic E-state index is -0.370. The average Bonchev–Trinajstić information content (AvgIpc) is 2.09. The molecule has 1 rings (SSSR count). The fourth-order valence-corrected chi connectivity index (χ4v) is 0.876. The predicted octanol–water partition coefficient (Wildman–Crippen LogP) is 0.214. The first-order valence-electron chi connectivity index (χ1n) is 3.66. The molecule has 0 spiro atoms. The van der Waals surface area contributed by atoms with Crippen LogP contribution in [0.5, 0.6) is 0 Å². The van der Waals surface area contributed by atoms with Crippen molar-refractivity contribution < 1.29 is 0 Å². The van der Waals surface area contributed by atoms with E-state index in [0.29, 0.717) is 17.8 Å². The monoisotopic (exact) mass is 163 g/mol. The zero-order chi connectivity index (χ0) is 9.14. The van der Waals surface area contributed by atoms with Crippen LogP contribution < -0.4 is 5.69 Å². The molecule has 0 aliphatic carbocycles. The molecule has 1 heterocycles. The molecule has 0 aliphatic heterocycles. The molecule has 0 aromatic carbocycles. The van der Waals surface area contributed by atoms with Crippen molar-refractivity contribution >= 4 is 0 Å². The quantitative estimate of drug-likeness (QED) is 0.594. The topological polar surface area (TPSA) is 58.7 Å². The van der Waals surface area contributed by atoms with Gasteiger partial charge < -0.3 is 0 Å². The van der Waals surface area contributed by atoms with Gasteiger partial charge in [0, 0.05) is 12.7 Å². The second-order valence-corrected chi connectivity index (χ2v) is 2.44. The Morgan fingerprint density at radius 2 is 2.42 bits per heavy atom. The van der Waals surface area contributed by atoms with Gasteiger partial charge >= 0.3 is 5.69 Å². The highest BCUT2D eigenvalue weighted by atomic mass is 16.1. The summed E-state index contributed by atoms with van der Waals surface area (Å²) >= 11 is 0. The van der Waals surface area contributed by atoms with Gasteiger partial charge in [0.25, 0.3) is 0 Å². The molecule has 0 unspecified atom stereocenters. The van der Waals surface area contributed by atoms with Gasteiger partial charge in [-0.15, -0.1) is 0 Å². The number of hydrogen-bond donors (Lipinski definition) is 0. The van der Waals surface area contributed by atoms with Crippen molar-refractivity contribution in [3.8, 4) is 6.07 Å². The highest BCUT2D eigenvalue weighted by Gasteiger charge is 2.01. The third kappa shape index (κ3) is 1.35. The lowest BCUT2D eigenvalue weighted by molar-refractivity contribution is 0.773. The van der Waals surface area contributed by atoms with E-state index in [-0.39, 0.29) is 5.69 Å². The summed E-state index contributed by atoms with van der Waals surface area (Å²) in [5.41, 5.74) is 0.646. The van der Waals surface area contributed by atoms with Crippen LogP contribution in [0.15, 0.2) is 10.9 Å². The van der Waals surface area contributed by atoms with E-state index in [9.17, 15) is 4.79 Å². The van der Waals surface area contributed by atoms with Crippen LogP contribution in [-0.2, 0) is 13.5 Å². The first-order chi connectivity index (χ1) is 5.69. The number of nitriles is 1. The van der Waals surface area contributed by atoms with E-state index in [1.54, 1.807) is 6.07 Å². The molecule has 12 heavy (non-hydrogen) atoms. The van der Waals surface area contributed by atoms with Crippen molar-refractivity contribution in [2.75, 3.05) is 0 Å². The molecule has 0 aliphatic rings. The van der Waals surface area contributed by atoms with Crippen LogP contribution in [0.2, 0.25) is 0 Å². The van der Waals surface area contributed by atoms with Crippen molar-refractivity contribution in [1.82, 2.24) is 9.55 Å². The van der Waals surface area contributed by atoms with E-state index in [1.165, 1.54) is 11.6 Å². The van der Waals surface area contributed by atoms with Gasteiger partial charge in [0.05, 0.1) is 0 Å². The van der Waals surface area contributed by atoms with Crippen LogP contribution in [0.3, 0.4) is 0 Å². The first kappa shape index (κ1) is 8.47. The van der Waals surface area contributed by atoms with Crippen molar-refractivity contribution in [3.05, 3.63) is 27.9 Å². The SMILES string of the molecule is CCc1cc(C#N)n(C)c(=O)n1. The summed E-state index contributed by atoms with van der Waals surface area (Å²) in [5.74, 6) is 0. The minimum absolute atomic E-state index is 0.354. The molecular weight excluding hydrogens is 154 g/mol. The fourth-order valence-electron chi connectivity index (χ4n) is 0.876. The van der Waals surface area contributed by atoms with Gasteiger partial charge in [0.15, 0.2) is 0 Å². The normalized spacial score (nSPS) is 9.42. The highest BCUT2D eigenvalue weighted by Crippen LogP contribution is 1.96. The Hall–Kier alpha value is -1.63. The third-order valence-electron chi connectivity index (χ3n) is 1.67. The highest BCUT2D eigenvalue weighted by molar-refractivity contribution is 5.22. The van der Waals surface area contributed by atoms with E-state index < -0.39 is 0 Å². The van der Waals surface area contributed by atoms with Gasteiger partial charge in [0.1, 0.15) is 11.8 Å². The summed E-state index contributed by atoms with van der Waals surface area (Å²) in [7, 11) is 1.54. The number of rotatable bonds is 1. The smallest absolute Gasteiger partial charge is 0.286 e. The van der Waals surface area contributed by atoms with Crippen LogP contribution in [0.25, 0.3) is 0 Å². The van der Waals surface area contributed by atoms with Crippen molar-refractivity contribution in [2.45, 2.75) is 13.3 Å². The molecule has 4 nitrogen and oxygen atoms in total. The van der Waals surface area contributed by atoms with Gasteiger partial charge in [-0.2, -0.15) is 10.2 Å². The van der Waals surface area contributed by atoms with Gasteiger partial charge in [-0.3, -0.25) is 4.57 Å². The molecule has 0 amide bonds. The Balaban J connectivity index is 3.42. The van der Waals surface area contributed by atoms with E-state index in [2.05, 4.69) is 4.98 Å². The molecular formula is C8H9N3O. The largest absolute Gasteiger partial charge is 0.348 e. The zero-order valence-corrected chi connectivity index (χ0v) is 7.03. The van der Waals surface area contributed by atoms with Crippen molar-refractivity contribution in [3.63, 3.8) is 0 Å². The molecule has 0 fully saturated rings. The molecule has 1 aromatic heterocycles. The average molecular weight is 163 g/mol. The van der Waals surface area contributed by atoms with Crippen LogP contribution in [-0.4, -0.2) is 9.55 Å². The molecule has 0 bridgehead atoms. The zero-order valence-electron chi connectivity index (χ0n) is 7.03. The Bertz CT molecular complexity index is 386. The van der Waals surface area contributed by atoms with Crippen LogP contribution in [0.1, 0.15) is 18.3 Å². The predicted molar refractivity (Wildman–Crippen MR) is 43.6 cm³/mol. The molecule has 0 radical (unpaired) electrons. The number of aryl methyl sites for hydroxylation is 1. The lowest BCUT2D eigenvalue weighted by Crippen LogP contribution is -2.23. The second kappa shape index (κ2) is 3.18. The van der Waals surface area contributed by atoms with Crippen LogP contribution in [0, 0.1) is 11.3 Å². The van der Waals surface area contributed by atoms with Gasteiger partial charge in [0.2, 0.25) is 0 Å². The Morgan fingerprint density at radius 3 is 2.92 bits per heavy atom. The molecule has 0 atom stereocenters. The Kier molecular flexibility index (Phi) is 2.24.